The second kappa shape index (κ2) is 3.84. The third kappa shape index (κ3) is 1.95. The van der Waals surface area contributed by atoms with Gasteiger partial charge in [0, 0.05) is 6.20 Å². The highest BCUT2D eigenvalue weighted by molar-refractivity contribution is 5.50. The van der Waals surface area contributed by atoms with Crippen LogP contribution in [0.1, 0.15) is 43.8 Å². The van der Waals surface area contributed by atoms with E-state index in [1.165, 1.54) is 5.56 Å². The second-order valence-electron chi connectivity index (χ2n) is 5.81. The van der Waals surface area contributed by atoms with Crippen LogP contribution in [0.3, 0.4) is 0 Å². The van der Waals surface area contributed by atoms with Gasteiger partial charge >= 0.3 is 0 Å². The fraction of sp³-hybridized carbons (Fsp3) is 0.500. The van der Waals surface area contributed by atoms with Crippen molar-refractivity contribution >= 4 is 5.65 Å². The van der Waals surface area contributed by atoms with Gasteiger partial charge in [-0.25, -0.2) is 4.98 Å². The molecule has 1 atom stereocenters. The van der Waals surface area contributed by atoms with Crippen molar-refractivity contribution in [2.45, 2.75) is 40.7 Å². The summed E-state index contributed by atoms with van der Waals surface area (Å²) < 4.78 is 2.13. The first-order valence-electron chi connectivity index (χ1n) is 6.02. The lowest BCUT2D eigenvalue weighted by Crippen LogP contribution is -2.28. The molecular formula is C14H21N3. The van der Waals surface area contributed by atoms with E-state index >= 15 is 0 Å². The van der Waals surface area contributed by atoms with E-state index < -0.39 is 0 Å². The molecule has 92 valence electrons. The minimum absolute atomic E-state index is 0.0145. The van der Waals surface area contributed by atoms with Gasteiger partial charge in [0.25, 0.3) is 0 Å². The minimum atomic E-state index is -0.0145. The van der Waals surface area contributed by atoms with Crippen LogP contribution in [0.2, 0.25) is 0 Å². The molecular weight excluding hydrogens is 210 g/mol. The monoisotopic (exact) mass is 231 g/mol. The molecule has 2 rings (SSSR count). The molecule has 2 aromatic rings. The smallest absolute Gasteiger partial charge is 0.140 e. The summed E-state index contributed by atoms with van der Waals surface area (Å²) in [5.41, 5.74) is 10.8. The largest absolute Gasteiger partial charge is 0.322 e. The van der Waals surface area contributed by atoms with Gasteiger partial charge in [0.1, 0.15) is 5.65 Å². The number of nitrogens with zero attached hydrogens (tertiary/aromatic N) is 2. The van der Waals surface area contributed by atoms with Crippen molar-refractivity contribution in [3.05, 3.63) is 35.3 Å². The van der Waals surface area contributed by atoms with Crippen LogP contribution < -0.4 is 5.73 Å². The number of aromatic nitrogens is 2. The molecule has 0 saturated carbocycles. The van der Waals surface area contributed by atoms with Gasteiger partial charge < -0.3 is 10.1 Å². The zero-order valence-corrected chi connectivity index (χ0v) is 11.3. The Morgan fingerprint density at radius 1 is 1.29 bits per heavy atom. The predicted molar refractivity (Wildman–Crippen MR) is 71.0 cm³/mol. The average Bonchev–Trinajstić information content (AvgIpc) is 2.54. The van der Waals surface area contributed by atoms with Gasteiger partial charge in [-0.05, 0) is 30.9 Å². The zero-order chi connectivity index (χ0) is 12.8. The lowest BCUT2D eigenvalue weighted by molar-refractivity contribution is 0.319. The summed E-state index contributed by atoms with van der Waals surface area (Å²) in [4.78, 5) is 4.63. The van der Waals surface area contributed by atoms with Gasteiger partial charge in [0.2, 0.25) is 0 Å². The molecule has 0 aliphatic carbocycles. The van der Waals surface area contributed by atoms with Crippen molar-refractivity contribution in [1.29, 1.82) is 0 Å². The molecule has 0 aliphatic rings. The normalized spacial score (nSPS) is 14.2. The van der Waals surface area contributed by atoms with Gasteiger partial charge in [-0.3, -0.25) is 0 Å². The molecule has 0 aliphatic heterocycles. The molecule has 2 heterocycles. The van der Waals surface area contributed by atoms with Crippen LogP contribution >= 0.6 is 0 Å². The number of nitrogens with two attached hydrogens (primary N) is 1. The lowest BCUT2D eigenvalue weighted by atomic mass is 9.85. The summed E-state index contributed by atoms with van der Waals surface area (Å²) in [6.45, 7) is 10.6. The molecule has 2 N–H and O–H groups in total. The molecule has 0 saturated heterocycles. The molecule has 0 bridgehead atoms. The van der Waals surface area contributed by atoms with Crippen LogP contribution in [0.4, 0.5) is 0 Å². The quantitative estimate of drug-likeness (QED) is 0.820. The third-order valence-electron chi connectivity index (χ3n) is 3.29. The van der Waals surface area contributed by atoms with Crippen LogP contribution in [-0.2, 0) is 0 Å². The van der Waals surface area contributed by atoms with Crippen LogP contribution in [0.15, 0.2) is 18.3 Å². The van der Waals surface area contributed by atoms with Crippen LogP contribution in [0.25, 0.3) is 5.65 Å². The molecule has 1 unspecified atom stereocenters. The summed E-state index contributed by atoms with van der Waals surface area (Å²) in [6.07, 6.45) is 2.04. The van der Waals surface area contributed by atoms with Gasteiger partial charge in [0.05, 0.1) is 17.4 Å². The second-order valence-corrected chi connectivity index (χ2v) is 5.81. The standard InChI is InChI=1S/C14H21N3/c1-9-7-6-8-17-11(10(2)16-13(9)17)12(15)14(3,4)5/h6-8,12H,15H2,1-5H3. The molecule has 0 fully saturated rings. The Labute approximate surface area is 103 Å². The van der Waals surface area contributed by atoms with Crippen molar-refractivity contribution in [3.8, 4) is 0 Å². The number of pyridine rings is 1. The highest BCUT2D eigenvalue weighted by Gasteiger charge is 2.27. The van der Waals surface area contributed by atoms with E-state index in [1.807, 2.05) is 19.2 Å². The maximum absolute atomic E-state index is 6.37. The van der Waals surface area contributed by atoms with Gasteiger partial charge in [0.15, 0.2) is 0 Å². The van der Waals surface area contributed by atoms with E-state index in [0.29, 0.717) is 0 Å². The Morgan fingerprint density at radius 2 is 1.94 bits per heavy atom. The lowest BCUT2D eigenvalue weighted by Gasteiger charge is -2.27. The Balaban J connectivity index is 2.70. The summed E-state index contributed by atoms with van der Waals surface area (Å²) in [6, 6.07) is 4.11. The van der Waals surface area contributed by atoms with Gasteiger partial charge in [-0.2, -0.15) is 0 Å². The molecule has 2 aromatic heterocycles. The number of hydrogen-bond acceptors (Lipinski definition) is 2. The maximum atomic E-state index is 6.37. The fourth-order valence-corrected chi connectivity index (χ4v) is 2.12. The first kappa shape index (κ1) is 12.1. The highest BCUT2D eigenvalue weighted by atomic mass is 15.0. The first-order valence-corrected chi connectivity index (χ1v) is 6.02. The summed E-state index contributed by atoms with van der Waals surface area (Å²) in [7, 11) is 0. The van der Waals surface area contributed by atoms with Gasteiger partial charge in [-0.15, -0.1) is 0 Å². The van der Waals surface area contributed by atoms with Gasteiger partial charge in [-0.1, -0.05) is 26.8 Å². The Bertz CT molecular complexity index is 546. The molecule has 17 heavy (non-hydrogen) atoms. The van der Waals surface area contributed by atoms with Crippen molar-refractivity contribution in [2.24, 2.45) is 11.1 Å². The van der Waals surface area contributed by atoms with Crippen molar-refractivity contribution < 1.29 is 0 Å². The predicted octanol–water partition coefficient (Wildman–Crippen LogP) is 3.00. The summed E-state index contributed by atoms with van der Waals surface area (Å²) in [5.74, 6) is 0. The van der Waals surface area contributed by atoms with Crippen LogP contribution in [0.5, 0.6) is 0 Å². The molecule has 0 aromatic carbocycles. The number of hydrogen-bond donors (Lipinski definition) is 1. The van der Waals surface area contributed by atoms with Crippen molar-refractivity contribution in [2.75, 3.05) is 0 Å². The number of fused-ring (bicyclic) bond motifs is 1. The Kier molecular flexibility index (Phi) is 2.74. The summed E-state index contributed by atoms with van der Waals surface area (Å²) in [5, 5.41) is 0. The minimum Gasteiger partial charge on any atom is -0.322 e. The molecule has 0 spiro atoms. The molecule has 0 amide bonds. The molecule has 3 heteroatoms. The highest BCUT2D eigenvalue weighted by Crippen LogP contribution is 2.32. The summed E-state index contributed by atoms with van der Waals surface area (Å²) >= 11 is 0. The fourth-order valence-electron chi connectivity index (χ4n) is 2.12. The van der Waals surface area contributed by atoms with Crippen LogP contribution in [-0.4, -0.2) is 9.38 Å². The average molecular weight is 231 g/mol. The third-order valence-corrected chi connectivity index (χ3v) is 3.29. The van der Waals surface area contributed by atoms with E-state index in [-0.39, 0.29) is 11.5 Å². The number of aryl methyl sites for hydroxylation is 2. The van der Waals surface area contributed by atoms with Crippen molar-refractivity contribution in [3.63, 3.8) is 0 Å². The maximum Gasteiger partial charge on any atom is 0.140 e. The molecule has 3 nitrogen and oxygen atoms in total. The first-order chi connectivity index (χ1) is 7.82. The van der Waals surface area contributed by atoms with E-state index in [2.05, 4.69) is 43.1 Å². The molecule has 0 radical (unpaired) electrons. The number of rotatable bonds is 1. The van der Waals surface area contributed by atoms with Crippen LogP contribution in [0, 0.1) is 19.3 Å². The van der Waals surface area contributed by atoms with E-state index in [9.17, 15) is 0 Å². The number of imidazole rings is 1. The van der Waals surface area contributed by atoms with Crippen molar-refractivity contribution in [1.82, 2.24) is 9.38 Å². The Hall–Kier alpha value is -1.35. The topological polar surface area (TPSA) is 43.3 Å². The Morgan fingerprint density at radius 3 is 2.53 bits per heavy atom. The zero-order valence-electron chi connectivity index (χ0n) is 11.3. The van der Waals surface area contributed by atoms with E-state index in [0.717, 1.165) is 17.0 Å². The SMILES string of the molecule is Cc1nc2c(C)cccn2c1C(N)C(C)(C)C. The van der Waals surface area contributed by atoms with E-state index in [1.54, 1.807) is 0 Å². The van der Waals surface area contributed by atoms with E-state index in [4.69, 9.17) is 5.73 Å².